The van der Waals surface area contributed by atoms with Gasteiger partial charge >= 0.3 is 5.97 Å². The number of carboxylic acids is 1. The smallest absolute Gasteiger partial charge is 0.332 e. The Morgan fingerprint density at radius 3 is 2.39 bits per heavy atom. The first-order chi connectivity index (χ1) is 11.1. The average Bonchev–Trinajstić information content (AvgIpc) is 2.55. The fourth-order valence-corrected chi connectivity index (χ4v) is 1.96. The van der Waals surface area contributed by atoms with Gasteiger partial charge in [-0.15, -0.1) is 0 Å². The van der Waals surface area contributed by atoms with Gasteiger partial charge in [0.05, 0.1) is 19.8 Å². The molecule has 2 N–H and O–H groups in total. The van der Waals surface area contributed by atoms with Crippen LogP contribution in [0.3, 0.4) is 0 Å². The van der Waals surface area contributed by atoms with Crippen LogP contribution in [0.5, 0.6) is 5.75 Å². The second-order valence-corrected chi connectivity index (χ2v) is 5.05. The predicted octanol–water partition coefficient (Wildman–Crippen LogP) is 1.89. The minimum Gasteiger partial charge on any atom is -0.491 e. The lowest BCUT2D eigenvalue weighted by atomic mass is 10.1. The third kappa shape index (κ3) is 9.18. The molecular formula is C17H26O6. The van der Waals surface area contributed by atoms with E-state index in [1.165, 1.54) is 0 Å². The number of carboxylic acid groups (broad SMARTS) is 1. The van der Waals surface area contributed by atoms with Gasteiger partial charge in [0.15, 0.2) is 6.10 Å². The van der Waals surface area contributed by atoms with E-state index in [0.29, 0.717) is 39.5 Å². The maximum atomic E-state index is 10.5. The Morgan fingerprint density at radius 2 is 1.74 bits per heavy atom. The van der Waals surface area contributed by atoms with E-state index in [1.807, 2.05) is 31.2 Å². The quantitative estimate of drug-likeness (QED) is 0.538. The molecule has 0 radical (unpaired) electrons. The van der Waals surface area contributed by atoms with Crippen LogP contribution in [-0.4, -0.2) is 55.3 Å². The highest BCUT2D eigenvalue weighted by Gasteiger charge is 2.11. The first kappa shape index (κ1) is 19.4. The molecule has 1 rings (SSSR count). The molecule has 0 bridgehead atoms. The number of rotatable bonds is 13. The SMILES string of the molecule is CCOCCOCCOc1ccc(CCC[C@@H](O)C(=O)O)cc1. The highest BCUT2D eigenvalue weighted by molar-refractivity contribution is 5.71. The molecule has 0 amide bonds. The molecule has 0 aromatic heterocycles. The van der Waals surface area contributed by atoms with Crippen LogP contribution in [0.25, 0.3) is 0 Å². The van der Waals surface area contributed by atoms with E-state index >= 15 is 0 Å². The summed E-state index contributed by atoms with van der Waals surface area (Å²) in [6.07, 6.45) is 0.333. The van der Waals surface area contributed by atoms with Gasteiger partial charge in [-0.3, -0.25) is 0 Å². The van der Waals surface area contributed by atoms with Gasteiger partial charge < -0.3 is 24.4 Å². The van der Waals surface area contributed by atoms with Gasteiger partial charge in [0.2, 0.25) is 0 Å². The van der Waals surface area contributed by atoms with Crippen LogP contribution < -0.4 is 4.74 Å². The van der Waals surface area contributed by atoms with Crippen LogP contribution in [-0.2, 0) is 20.7 Å². The standard InChI is InChI=1S/C17H26O6/c1-2-21-10-11-22-12-13-23-15-8-6-14(7-9-15)4-3-5-16(18)17(19)20/h6-9,16,18H,2-5,10-13H2,1H3,(H,19,20)/t16-/m1/s1. The average molecular weight is 326 g/mol. The third-order valence-corrected chi connectivity index (χ3v) is 3.22. The lowest BCUT2D eigenvalue weighted by Gasteiger charge is -2.09. The first-order valence-corrected chi connectivity index (χ1v) is 7.91. The third-order valence-electron chi connectivity index (χ3n) is 3.22. The number of aliphatic hydroxyl groups is 1. The van der Waals surface area contributed by atoms with Crippen molar-refractivity contribution in [3.63, 3.8) is 0 Å². The van der Waals surface area contributed by atoms with Crippen molar-refractivity contribution in [2.24, 2.45) is 0 Å². The van der Waals surface area contributed by atoms with Gasteiger partial charge in [-0.2, -0.15) is 0 Å². The van der Waals surface area contributed by atoms with Crippen LogP contribution >= 0.6 is 0 Å². The molecule has 6 nitrogen and oxygen atoms in total. The van der Waals surface area contributed by atoms with Crippen molar-refractivity contribution in [2.45, 2.75) is 32.3 Å². The number of benzene rings is 1. The summed E-state index contributed by atoms with van der Waals surface area (Å²) in [5, 5.41) is 17.8. The van der Waals surface area contributed by atoms with Gasteiger partial charge in [0.25, 0.3) is 0 Å². The number of hydrogen-bond acceptors (Lipinski definition) is 5. The molecule has 1 aromatic carbocycles. The van der Waals surface area contributed by atoms with Crippen molar-refractivity contribution in [2.75, 3.05) is 33.0 Å². The molecule has 0 unspecified atom stereocenters. The number of carbonyl (C=O) groups is 1. The molecule has 130 valence electrons. The maximum Gasteiger partial charge on any atom is 0.332 e. The number of hydrogen-bond donors (Lipinski definition) is 2. The summed E-state index contributed by atoms with van der Waals surface area (Å²) < 4.78 is 16.1. The van der Waals surface area contributed by atoms with E-state index in [1.54, 1.807) is 0 Å². The van der Waals surface area contributed by atoms with Gasteiger partial charge in [0, 0.05) is 6.61 Å². The zero-order valence-electron chi connectivity index (χ0n) is 13.6. The topological polar surface area (TPSA) is 85.2 Å². The summed E-state index contributed by atoms with van der Waals surface area (Å²) in [6.45, 7) is 4.81. The predicted molar refractivity (Wildman–Crippen MR) is 85.8 cm³/mol. The Hall–Kier alpha value is -1.63. The number of ether oxygens (including phenoxy) is 3. The van der Waals surface area contributed by atoms with Crippen molar-refractivity contribution in [3.05, 3.63) is 29.8 Å². The lowest BCUT2D eigenvalue weighted by molar-refractivity contribution is -0.146. The molecule has 0 heterocycles. The zero-order chi connectivity index (χ0) is 16.9. The van der Waals surface area contributed by atoms with E-state index in [2.05, 4.69) is 0 Å². The Morgan fingerprint density at radius 1 is 1.09 bits per heavy atom. The van der Waals surface area contributed by atoms with Gasteiger partial charge in [-0.25, -0.2) is 4.79 Å². The Kier molecular flexibility index (Phi) is 10.0. The second kappa shape index (κ2) is 11.9. The maximum absolute atomic E-state index is 10.5. The number of aryl methyl sites for hydroxylation is 1. The van der Waals surface area contributed by atoms with Crippen molar-refractivity contribution in [1.29, 1.82) is 0 Å². The zero-order valence-corrected chi connectivity index (χ0v) is 13.6. The van der Waals surface area contributed by atoms with Crippen molar-refractivity contribution in [1.82, 2.24) is 0 Å². The molecule has 6 heteroatoms. The Balaban J connectivity index is 2.14. The van der Waals surface area contributed by atoms with Crippen LogP contribution in [0.2, 0.25) is 0 Å². The van der Waals surface area contributed by atoms with Crippen molar-refractivity contribution in [3.8, 4) is 5.75 Å². The highest BCUT2D eigenvalue weighted by atomic mass is 16.5. The van der Waals surface area contributed by atoms with Crippen LogP contribution in [0.1, 0.15) is 25.3 Å². The van der Waals surface area contributed by atoms with E-state index in [-0.39, 0.29) is 6.42 Å². The van der Waals surface area contributed by atoms with Crippen molar-refractivity contribution < 1.29 is 29.2 Å². The minimum absolute atomic E-state index is 0.257. The number of aliphatic hydroxyl groups excluding tert-OH is 1. The highest BCUT2D eigenvalue weighted by Crippen LogP contribution is 2.14. The molecular weight excluding hydrogens is 300 g/mol. The van der Waals surface area contributed by atoms with Crippen LogP contribution in [0.15, 0.2) is 24.3 Å². The summed E-state index contributed by atoms with van der Waals surface area (Å²) in [7, 11) is 0. The molecule has 0 saturated heterocycles. The molecule has 0 spiro atoms. The lowest BCUT2D eigenvalue weighted by Crippen LogP contribution is -2.19. The second-order valence-electron chi connectivity index (χ2n) is 5.05. The normalized spacial score (nSPS) is 12.1. The van der Waals surface area contributed by atoms with Gasteiger partial charge in [-0.05, 0) is 43.9 Å². The summed E-state index contributed by atoms with van der Waals surface area (Å²) in [6, 6.07) is 7.64. The van der Waals surface area contributed by atoms with E-state index in [0.717, 1.165) is 17.7 Å². The summed E-state index contributed by atoms with van der Waals surface area (Å²) in [5.74, 6) is -0.398. The summed E-state index contributed by atoms with van der Waals surface area (Å²) >= 11 is 0. The fraction of sp³-hybridized carbons (Fsp3) is 0.588. The van der Waals surface area contributed by atoms with Crippen LogP contribution in [0.4, 0.5) is 0 Å². The minimum atomic E-state index is -1.28. The van der Waals surface area contributed by atoms with Crippen LogP contribution in [0, 0.1) is 0 Å². The molecule has 0 aliphatic rings. The Labute approximate surface area is 137 Å². The fourth-order valence-electron chi connectivity index (χ4n) is 1.96. The van der Waals surface area contributed by atoms with Gasteiger partial charge in [0.1, 0.15) is 12.4 Å². The van der Waals surface area contributed by atoms with E-state index < -0.39 is 12.1 Å². The Bertz CT molecular complexity index is 431. The van der Waals surface area contributed by atoms with E-state index in [4.69, 9.17) is 19.3 Å². The largest absolute Gasteiger partial charge is 0.491 e. The van der Waals surface area contributed by atoms with Gasteiger partial charge in [-0.1, -0.05) is 12.1 Å². The monoisotopic (exact) mass is 326 g/mol. The molecule has 0 aliphatic carbocycles. The summed E-state index contributed by atoms with van der Waals surface area (Å²) in [5.41, 5.74) is 1.09. The molecule has 0 aliphatic heterocycles. The molecule has 0 fully saturated rings. The molecule has 1 aromatic rings. The summed E-state index contributed by atoms with van der Waals surface area (Å²) in [4.78, 5) is 10.5. The number of aliphatic carboxylic acids is 1. The molecule has 0 saturated carbocycles. The molecule has 23 heavy (non-hydrogen) atoms. The molecule has 1 atom stereocenters. The van der Waals surface area contributed by atoms with E-state index in [9.17, 15) is 9.90 Å². The first-order valence-electron chi connectivity index (χ1n) is 7.91. The van der Waals surface area contributed by atoms with Crippen molar-refractivity contribution >= 4 is 5.97 Å².